The van der Waals surface area contributed by atoms with E-state index in [0.29, 0.717) is 23.7 Å². The number of carbonyl (C=O) groups is 2. The third-order valence-corrected chi connectivity index (χ3v) is 3.25. The number of carboxylic acids is 1. The lowest BCUT2D eigenvalue weighted by atomic mass is 9.83. The Kier molecular flexibility index (Phi) is 3.50. The van der Waals surface area contributed by atoms with Gasteiger partial charge in [0.2, 0.25) is 5.91 Å². The maximum absolute atomic E-state index is 11.7. The van der Waals surface area contributed by atoms with Gasteiger partial charge in [-0.1, -0.05) is 6.42 Å². The molecule has 0 heterocycles. The van der Waals surface area contributed by atoms with Crippen molar-refractivity contribution in [3.05, 3.63) is 23.8 Å². The van der Waals surface area contributed by atoms with Crippen LogP contribution in [0.1, 0.15) is 36.0 Å². The predicted molar refractivity (Wildman–Crippen MR) is 68.4 cm³/mol. The normalized spacial score (nSPS) is 14.9. The van der Waals surface area contributed by atoms with Gasteiger partial charge in [0.25, 0.3) is 0 Å². The van der Waals surface area contributed by atoms with E-state index >= 15 is 0 Å². The highest BCUT2D eigenvalue weighted by atomic mass is 16.4. The summed E-state index contributed by atoms with van der Waals surface area (Å²) >= 11 is 0. The minimum Gasteiger partial charge on any atom is -0.478 e. The van der Waals surface area contributed by atoms with Gasteiger partial charge in [0.05, 0.1) is 11.3 Å². The van der Waals surface area contributed by atoms with Crippen molar-refractivity contribution < 1.29 is 14.7 Å². The first-order valence-corrected chi connectivity index (χ1v) is 5.99. The average molecular weight is 248 g/mol. The van der Waals surface area contributed by atoms with Gasteiger partial charge in [-0.05, 0) is 37.0 Å². The van der Waals surface area contributed by atoms with Crippen molar-refractivity contribution in [2.45, 2.75) is 25.7 Å². The Morgan fingerprint density at radius 2 is 2.11 bits per heavy atom. The standard InChI is InChI=1S/C13H16N2O3/c14-9-4-5-11(10(7-9)13(17)18)15-12(16)6-8-2-1-3-8/h4-5,7-8H,1-3,6,14H2,(H,15,16)(H,17,18). The molecule has 1 fully saturated rings. The van der Waals surface area contributed by atoms with Crippen LogP contribution >= 0.6 is 0 Å². The quantitative estimate of drug-likeness (QED) is 0.711. The number of hydrogen-bond donors (Lipinski definition) is 3. The van der Waals surface area contributed by atoms with Crippen LogP contribution in [0, 0.1) is 5.92 Å². The van der Waals surface area contributed by atoms with E-state index in [9.17, 15) is 9.59 Å². The van der Waals surface area contributed by atoms with Crippen molar-refractivity contribution in [3.8, 4) is 0 Å². The smallest absolute Gasteiger partial charge is 0.337 e. The summed E-state index contributed by atoms with van der Waals surface area (Å²) in [7, 11) is 0. The van der Waals surface area contributed by atoms with E-state index in [2.05, 4.69) is 5.32 Å². The molecule has 0 saturated heterocycles. The van der Waals surface area contributed by atoms with E-state index in [1.165, 1.54) is 18.6 Å². The van der Waals surface area contributed by atoms with Crippen LogP contribution in [0.3, 0.4) is 0 Å². The van der Waals surface area contributed by atoms with Crippen LogP contribution in [0.5, 0.6) is 0 Å². The van der Waals surface area contributed by atoms with E-state index in [0.717, 1.165) is 12.8 Å². The van der Waals surface area contributed by atoms with E-state index in [-0.39, 0.29) is 11.5 Å². The number of hydrogen-bond acceptors (Lipinski definition) is 3. The molecule has 0 aliphatic heterocycles. The van der Waals surface area contributed by atoms with Crippen LogP contribution in [0.2, 0.25) is 0 Å². The summed E-state index contributed by atoms with van der Waals surface area (Å²) < 4.78 is 0. The van der Waals surface area contributed by atoms with Crippen molar-refractivity contribution in [2.75, 3.05) is 11.1 Å². The van der Waals surface area contributed by atoms with Gasteiger partial charge in [-0.15, -0.1) is 0 Å². The van der Waals surface area contributed by atoms with Gasteiger partial charge < -0.3 is 16.2 Å². The molecule has 0 bridgehead atoms. The Labute approximate surface area is 105 Å². The number of nitrogen functional groups attached to an aromatic ring is 1. The monoisotopic (exact) mass is 248 g/mol. The molecule has 0 spiro atoms. The minimum absolute atomic E-state index is 0.0250. The van der Waals surface area contributed by atoms with Gasteiger partial charge in [0, 0.05) is 12.1 Å². The van der Waals surface area contributed by atoms with Crippen LogP contribution in [0.4, 0.5) is 11.4 Å². The summed E-state index contributed by atoms with van der Waals surface area (Å²) in [6, 6.07) is 4.45. The van der Waals surface area contributed by atoms with Crippen LogP contribution in [-0.4, -0.2) is 17.0 Å². The summed E-state index contributed by atoms with van der Waals surface area (Å²) in [6.07, 6.45) is 3.81. The van der Waals surface area contributed by atoms with Gasteiger partial charge >= 0.3 is 5.97 Å². The van der Waals surface area contributed by atoms with Crippen LogP contribution in [0.15, 0.2) is 18.2 Å². The zero-order valence-electron chi connectivity index (χ0n) is 9.98. The Morgan fingerprint density at radius 1 is 1.39 bits per heavy atom. The van der Waals surface area contributed by atoms with Crippen molar-refractivity contribution >= 4 is 23.3 Å². The summed E-state index contributed by atoms with van der Waals surface area (Å²) in [5.41, 5.74) is 6.23. The van der Waals surface area contributed by atoms with Gasteiger partial charge in [-0.3, -0.25) is 4.79 Å². The Bertz CT molecular complexity index is 481. The highest BCUT2D eigenvalue weighted by molar-refractivity contribution is 6.01. The summed E-state index contributed by atoms with van der Waals surface area (Å²) in [5, 5.41) is 11.7. The lowest BCUT2D eigenvalue weighted by molar-refractivity contribution is -0.117. The Hall–Kier alpha value is -2.04. The first kappa shape index (κ1) is 12.4. The molecule has 1 aliphatic rings. The fourth-order valence-corrected chi connectivity index (χ4v) is 2.01. The molecule has 4 N–H and O–H groups in total. The zero-order chi connectivity index (χ0) is 13.1. The molecule has 18 heavy (non-hydrogen) atoms. The number of aromatic carboxylic acids is 1. The Morgan fingerprint density at radius 3 is 2.67 bits per heavy atom. The van der Waals surface area contributed by atoms with Crippen LogP contribution < -0.4 is 11.1 Å². The van der Waals surface area contributed by atoms with E-state index in [1.54, 1.807) is 6.07 Å². The number of anilines is 2. The average Bonchev–Trinajstić information content (AvgIpc) is 2.26. The van der Waals surface area contributed by atoms with Crippen LogP contribution in [-0.2, 0) is 4.79 Å². The van der Waals surface area contributed by atoms with E-state index in [1.807, 2.05) is 0 Å². The molecule has 5 nitrogen and oxygen atoms in total. The van der Waals surface area contributed by atoms with Gasteiger partial charge in [0.15, 0.2) is 0 Å². The first-order chi connectivity index (χ1) is 8.56. The van der Waals surface area contributed by atoms with Crippen molar-refractivity contribution in [1.82, 2.24) is 0 Å². The molecule has 0 aromatic heterocycles. The van der Waals surface area contributed by atoms with Gasteiger partial charge in [0.1, 0.15) is 0 Å². The molecular weight excluding hydrogens is 232 g/mol. The number of carbonyl (C=O) groups excluding carboxylic acids is 1. The van der Waals surface area contributed by atoms with Crippen molar-refractivity contribution in [3.63, 3.8) is 0 Å². The summed E-state index contributed by atoms with van der Waals surface area (Å²) in [5.74, 6) is -0.778. The third-order valence-electron chi connectivity index (χ3n) is 3.25. The van der Waals surface area contributed by atoms with Gasteiger partial charge in [-0.2, -0.15) is 0 Å². The van der Waals surface area contributed by atoms with Crippen LogP contribution in [0.25, 0.3) is 0 Å². The second-order valence-electron chi connectivity index (χ2n) is 4.66. The number of benzene rings is 1. The molecular formula is C13H16N2O3. The largest absolute Gasteiger partial charge is 0.478 e. The molecule has 2 rings (SSSR count). The zero-order valence-corrected chi connectivity index (χ0v) is 9.98. The molecule has 0 unspecified atom stereocenters. The highest BCUT2D eigenvalue weighted by Gasteiger charge is 2.21. The maximum atomic E-state index is 11.7. The first-order valence-electron chi connectivity index (χ1n) is 5.99. The molecule has 0 atom stereocenters. The molecule has 1 aromatic rings. The Balaban J connectivity index is 2.07. The highest BCUT2D eigenvalue weighted by Crippen LogP contribution is 2.30. The number of rotatable bonds is 4. The van der Waals surface area contributed by atoms with E-state index < -0.39 is 5.97 Å². The molecule has 5 heteroatoms. The molecule has 1 aromatic carbocycles. The van der Waals surface area contributed by atoms with Crippen molar-refractivity contribution in [1.29, 1.82) is 0 Å². The van der Waals surface area contributed by atoms with Gasteiger partial charge in [-0.25, -0.2) is 4.79 Å². The number of amides is 1. The summed E-state index contributed by atoms with van der Waals surface area (Å²) in [4.78, 5) is 22.8. The molecule has 1 aliphatic carbocycles. The molecule has 96 valence electrons. The maximum Gasteiger partial charge on any atom is 0.337 e. The number of carboxylic acid groups (broad SMARTS) is 1. The fraction of sp³-hybridized carbons (Fsp3) is 0.385. The topological polar surface area (TPSA) is 92.4 Å². The SMILES string of the molecule is Nc1ccc(NC(=O)CC2CCC2)c(C(=O)O)c1. The predicted octanol–water partition coefficient (Wildman–Crippen LogP) is 2.10. The lowest BCUT2D eigenvalue weighted by Crippen LogP contribution is -2.21. The van der Waals surface area contributed by atoms with Crippen molar-refractivity contribution in [2.24, 2.45) is 5.92 Å². The summed E-state index contributed by atoms with van der Waals surface area (Å²) in [6.45, 7) is 0. The number of nitrogens with one attached hydrogen (secondary N) is 1. The fourth-order valence-electron chi connectivity index (χ4n) is 2.01. The molecule has 1 saturated carbocycles. The van der Waals surface area contributed by atoms with E-state index in [4.69, 9.17) is 10.8 Å². The molecule has 0 radical (unpaired) electrons. The number of nitrogens with two attached hydrogens (primary N) is 1. The minimum atomic E-state index is -1.10. The second kappa shape index (κ2) is 5.08. The third kappa shape index (κ3) is 2.80. The lowest BCUT2D eigenvalue weighted by Gasteiger charge is -2.24. The molecule has 1 amide bonds. The second-order valence-corrected chi connectivity index (χ2v) is 4.66.